The smallest absolute Gasteiger partial charge is 0.336 e. The van der Waals surface area contributed by atoms with Gasteiger partial charge in [-0.15, -0.1) is 0 Å². The minimum Gasteiger partial charge on any atom is -0.336 e. The molecule has 2 aromatic carbocycles. The van der Waals surface area contributed by atoms with Crippen LogP contribution in [0.4, 0.5) is 13.2 Å². The maximum absolute atomic E-state index is 13.0. The fourth-order valence-electron chi connectivity index (χ4n) is 3.94. The number of aromatic nitrogens is 1. The summed E-state index contributed by atoms with van der Waals surface area (Å²) < 4.78 is 39.0. The van der Waals surface area contributed by atoms with Crippen LogP contribution in [0, 0.1) is 6.92 Å². The van der Waals surface area contributed by atoms with Crippen molar-refractivity contribution >= 4 is 5.91 Å². The third-order valence-corrected chi connectivity index (χ3v) is 5.64. The van der Waals surface area contributed by atoms with E-state index < -0.39 is 11.7 Å². The molecule has 7 heteroatoms. The van der Waals surface area contributed by atoms with E-state index in [1.165, 1.54) is 12.1 Å². The number of nitrogens with zero attached hydrogens (tertiary/aromatic N) is 2. The number of pyridine rings is 1. The molecule has 0 unspecified atom stereocenters. The molecule has 32 heavy (non-hydrogen) atoms. The summed E-state index contributed by atoms with van der Waals surface area (Å²) in [5, 5.41) is 3.24. The number of nitrogens with one attached hydrogen (secondary N) is 1. The van der Waals surface area contributed by atoms with Crippen molar-refractivity contribution < 1.29 is 18.0 Å². The lowest BCUT2D eigenvalue weighted by molar-refractivity contribution is -0.137. The number of aryl methyl sites for hydroxylation is 1. The first-order chi connectivity index (χ1) is 15.3. The molecular formula is C25H24F3N3O. The van der Waals surface area contributed by atoms with Gasteiger partial charge in [-0.3, -0.25) is 9.78 Å². The lowest BCUT2D eigenvalue weighted by Gasteiger charge is -2.28. The van der Waals surface area contributed by atoms with Crippen LogP contribution in [0.2, 0.25) is 0 Å². The summed E-state index contributed by atoms with van der Waals surface area (Å²) in [7, 11) is 0. The van der Waals surface area contributed by atoms with Crippen LogP contribution in [0.25, 0.3) is 11.3 Å². The Balaban J connectivity index is 1.54. The minimum absolute atomic E-state index is 0.0295. The zero-order chi connectivity index (χ0) is 22.7. The lowest BCUT2D eigenvalue weighted by atomic mass is 9.99. The zero-order valence-electron chi connectivity index (χ0n) is 17.7. The maximum atomic E-state index is 13.0. The molecule has 1 N–H and O–H groups in total. The number of rotatable bonds is 4. The molecule has 166 valence electrons. The molecule has 0 bridgehead atoms. The van der Waals surface area contributed by atoms with Gasteiger partial charge in [-0.1, -0.05) is 24.3 Å². The highest BCUT2D eigenvalue weighted by Gasteiger charge is 2.30. The highest BCUT2D eigenvalue weighted by Crippen LogP contribution is 2.30. The van der Waals surface area contributed by atoms with Crippen molar-refractivity contribution in [2.45, 2.75) is 19.5 Å². The number of hydrogen-bond acceptors (Lipinski definition) is 3. The van der Waals surface area contributed by atoms with Crippen molar-refractivity contribution in [3.8, 4) is 11.3 Å². The minimum atomic E-state index is -4.36. The Labute approximate surface area is 185 Å². The van der Waals surface area contributed by atoms with E-state index >= 15 is 0 Å². The summed E-state index contributed by atoms with van der Waals surface area (Å²) in [4.78, 5) is 19.1. The van der Waals surface area contributed by atoms with Gasteiger partial charge in [0.2, 0.25) is 0 Å². The van der Waals surface area contributed by atoms with E-state index in [2.05, 4.69) is 10.3 Å². The highest BCUT2D eigenvalue weighted by atomic mass is 19.4. The summed E-state index contributed by atoms with van der Waals surface area (Å²) in [6.45, 7) is 4.89. The molecule has 0 spiro atoms. The topological polar surface area (TPSA) is 45.2 Å². The summed E-state index contributed by atoms with van der Waals surface area (Å²) >= 11 is 0. The van der Waals surface area contributed by atoms with Crippen LogP contribution in [0.1, 0.15) is 32.6 Å². The fourth-order valence-corrected chi connectivity index (χ4v) is 3.94. The van der Waals surface area contributed by atoms with E-state index in [1.807, 2.05) is 36.1 Å². The molecule has 1 aromatic heterocycles. The third-order valence-electron chi connectivity index (χ3n) is 5.64. The number of carbonyl (C=O) groups is 1. The van der Waals surface area contributed by atoms with Gasteiger partial charge in [0.15, 0.2) is 0 Å². The number of amides is 1. The first-order valence-electron chi connectivity index (χ1n) is 10.5. The Morgan fingerprint density at radius 2 is 1.78 bits per heavy atom. The number of alkyl halides is 3. The van der Waals surface area contributed by atoms with Crippen LogP contribution >= 0.6 is 0 Å². The molecule has 0 radical (unpaired) electrons. The summed E-state index contributed by atoms with van der Waals surface area (Å²) in [5.74, 6) is 0.0295. The third kappa shape index (κ3) is 4.99. The molecule has 0 aliphatic carbocycles. The Morgan fingerprint density at radius 1 is 1.03 bits per heavy atom. The fraction of sp³-hybridized carbons (Fsp3) is 0.280. The van der Waals surface area contributed by atoms with Gasteiger partial charge < -0.3 is 10.2 Å². The highest BCUT2D eigenvalue weighted by molar-refractivity contribution is 5.96. The van der Waals surface area contributed by atoms with E-state index in [0.717, 1.165) is 41.5 Å². The van der Waals surface area contributed by atoms with Gasteiger partial charge >= 0.3 is 6.18 Å². The molecule has 3 aromatic rings. The number of halogens is 3. The number of benzene rings is 2. The Kier molecular flexibility index (Phi) is 6.28. The zero-order valence-corrected chi connectivity index (χ0v) is 17.7. The lowest BCUT2D eigenvalue weighted by Crippen LogP contribution is -2.46. The van der Waals surface area contributed by atoms with Crippen molar-refractivity contribution in [2.24, 2.45) is 0 Å². The largest absolute Gasteiger partial charge is 0.416 e. The van der Waals surface area contributed by atoms with E-state index in [-0.39, 0.29) is 5.91 Å². The molecule has 1 aliphatic rings. The van der Waals surface area contributed by atoms with Crippen LogP contribution in [-0.4, -0.2) is 42.0 Å². The first-order valence-corrected chi connectivity index (χ1v) is 10.5. The standard InChI is InChI=1S/C25H24F3N3O/c1-17-13-20(5-6-22(17)24(32)31-11-9-29-10-12-31)23-16-19(7-8-30-23)14-18-3-2-4-21(15-18)25(26,27)28/h2-8,13,15-16,29H,9-12,14H2,1H3. The average Bonchev–Trinajstić information content (AvgIpc) is 2.79. The molecule has 1 aliphatic heterocycles. The number of hydrogen-bond donors (Lipinski definition) is 1. The SMILES string of the molecule is Cc1cc(-c2cc(Cc3cccc(C(F)(F)F)c3)ccn2)ccc1C(=O)N1CCNCC1. The predicted molar refractivity (Wildman–Crippen MR) is 117 cm³/mol. The predicted octanol–water partition coefficient (Wildman–Crippen LogP) is 4.71. The van der Waals surface area contributed by atoms with Gasteiger partial charge in [-0.05, 0) is 60.4 Å². The van der Waals surface area contributed by atoms with Gasteiger partial charge in [0.05, 0.1) is 11.3 Å². The van der Waals surface area contributed by atoms with E-state index in [0.29, 0.717) is 30.6 Å². The van der Waals surface area contributed by atoms with Crippen molar-refractivity contribution in [1.82, 2.24) is 15.2 Å². The molecule has 1 fully saturated rings. The molecule has 4 nitrogen and oxygen atoms in total. The van der Waals surface area contributed by atoms with Crippen molar-refractivity contribution in [3.05, 3.63) is 88.6 Å². The summed E-state index contributed by atoms with van der Waals surface area (Å²) in [5.41, 5.74) is 3.94. The van der Waals surface area contributed by atoms with E-state index in [4.69, 9.17) is 0 Å². The van der Waals surface area contributed by atoms with Gasteiger partial charge in [0, 0.05) is 43.5 Å². The quantitative estimate of drug-likeness (QED) is 0.640. The van der Waals surface area contributed by atoms with Gasteiger partial charge in [-0.2, -0.15) is 13.2 Å². The average molecular weight is 439 g/mol. The Bertz CT molecular complexity index is 1120. The molecule has 1 saturated heterocycles. The van der Waals surface area contributed by atoms with Gasteiger partial charge in [-0.25, -0.2) is 0 Å². The van der Waals surface area contributed by atoms with Gasteiger partial charge in [0.1, 0.15) is 0 Å². The molecule has 1 amide bonds. The normalized spacial score (nSPS) is 14.4. The van der Waals surface area contributed by atoms with E-state index in [9.17, 15) is 18.0 Å². The molecule has 4 rings (SSSR count). The van der Waals surface area contributed by atoms with Crippen molar-refractivity contribution in [1.29, 1.82) is 0 Å². The molecule has 0 atom stereocenters. The Hall–Kier alpha value is -3.19. The monoisotopic (exact) mass is 439 g/mol. The van der Waals surface area contributed by atoms with Crippen LogP contribution in [-0.2, 0) is 12.6 Å². The van der Waals surface area contributed by atoms with Crippen molar-refractivity contribution in [3.63, 3.8) is 0 Å². The second-order valence-corrected chi connectivity index (χ2v) is 8.00. The molecule has 0 saturated carbocycles. The van der Waals surface area contributed by atoms with Crippen LogP contribution < -0.4 is 5.32 Å². The van der Waals surface area contributed by atoms with Crippen molar-refractivity contribution in [2.75, 3.05) is 26.2 Å². The summed E-state index contributed by atoms with van der Waals surface area (Å²) in [6, 6.07) is 14.7. The van der Waals surface area contributed by atoms with Crippen LogP contribution in [0.15, 0.2) is 60.8 Å². The van der Waals surface area contributed by atoms with Gasteiger partial charge in [0.25, 0.3) is 5.91 Å². The first kappa shape index (κ1) is 22.0. The van der Waals surface area contributed by atoms with E-state index in [1.54, 1.807) is 18.3 Å². The Morgan fingerprint density at radius 3 is 2.50 bits per heavy atom. The van der Waals surface area contributed by atoms with Crippen LogP contribution in [0.5, 0.6) is 0 Å². The molecule has 2 heterocycles. The van der Waals surface area contributed by atoms with Crippen LogP contribution in [0.3, 0.4) is 0 Å². The number of carbonyl (C=O) groups excluding carboxylic acids is 1. The maximum Gasteiger partial charge on any atom is 0.416 e. The summed E-state index contributed by atoms with van der Waals surface area (Å²) in [6.07, 6.45) is -2.33. The second kappa shape index (κ2) is 9.12. The molecular weight excluding hydrogens is 415 g/mol. The number of piperazine rings is 1. The second-order valence-electron chi connectivity index (χ2n) is 8.00.